The van der Waals surface area contributed by atoms with Gasteiger partial charge in [-0.15, -0.1) is 11.3 Å². The summed E-state index contributed by atoms with van der Waals surface area (Å²) >= 11 is 7.42. The van der Waals surface area contributed by atoms with Gasteiger partial charge in [-0.25, -0.2) is 4.98 Å². The average molecular weight is 549 g/mol. The van der Waals surface area contributed by atoms with Crippen molar-refractivity contribution in [3.05, 3.63) is 80.5 Å². The highest BCUT2D eigenvalue weighted by Crippen LogP contribution is 2.40. The summed E-state index contributed by atoms with van der Waals surface area (Å²) in [5.41, 5.74) is 3.17. The van der Waals surface area contributed by atoms with Gasteiger partial charge in [0.05, 0.1) is 24.5 Å². The molecule has 0 radical (unpaired) electrons. The molecule has 2 aromatic heterocycles. The minimum atomic E-state index is -0.297. The molecule has 5 rings (SSSR count). The van der Waals surface area contributed by atoms with Crippen LogP contribution in [0.15, 0.2) is 58.7 Å². The Morgan fingerprint density at radius 2 is 1.63 bits per heavy atom. The number of rotatable bonds is 7. The summed E-state index contributed by atoms with van der Waals surface area (Å²) in [4.78, 5) is 32.6. The third-order valence-electron chi connectivity index (χ3n) is 6.55. The number of thiazole rings is 1. The van der Waals surface area contributed by atoms with Gasteiger partial charge in [0.15, 0.2) is 5.78 Å². The SMILES string of the molecule is CCOc1cccc(OCC)c1-n1c2c(cc(-c3nc(-c4ccc(Cl)cc4)cs3)c1=O)C(=O)CC(C)(C)C2. The lowest BCUT2D eigenvalue weighted by Gasteiger charge is -2.33. The zero-order chi connectivity index (χ0) is 27.0. The number of benzene rings is 2. The number of ketones is 1. The number of hydrogen-bond donors (Lipinski definition) is 0. The lowest BCUT2D eigenvalue weighted by atomic mass is 9.75. The second kappa shape index (κ2) is 10.4. The number of hydrogen-bond acceptors (Lipinski definition) is 6. The molecule has 0 saturated heterocycles. The lowest BCUT2D eigenvalue weighted by molar-refractivity contribution is 0.0908. The molecule has 8 heteroatoms. The number of fused-ring (bicyclic) bond motifs is 1. The Hall–Kier alpha value is -3.42. The number of aromatic nitrogens is 2. The fraction of sp³-hybridized carbons (Fsp3) is 0.300. The summed E-state index contributed by atoms with van der Waals surface area (Å²) in [6, 6.07) is 14.6. The van der Waals surface area contributed by atoms with Crippen LogP contribution in [0.25, 0.3) is 27.5 Å². The van der Waals surface area contributed by atoms with Crippen LogP contribution in [0.3, 0.4) is 0 Å². The fourth-order valence-electron chi connectivity index (χ4n) is 4.92. The first kappa shape index (κ1) is 26.2. The topological polar surface area (TPSA) is 70.4 Å². The fourth-order valence-corrected chi connectivity index (χ4v) is 5.88. The van der Waals surface area contributed by atoms with E-state index in [1.165, 1.54) is 11.3 Å². The molecular weight excluding hydrogens is 520 g/mol. The largest absolute Gasteiger partial charge is 0.492 e. The van der Waals surface area contributed by atoms with E-state index in [4.69, 9.17) is 26.1 Å². The molecule has 0 atom stereocenters. The number of carbonyl (C=O) groups is 1. The van der Waals surface area contributed by atoms with E-state index in [-0.39, 0.29) is 16.8 Å². The van der Waals surface area contributed by atoms with Crippen LogP contribution in [0, 0.1) is 5.41 Å². The molecule has 2 aromatic carbocycles. The van der Waals surface area contributed by atoms with Crippen molar-refractivity contribution in [3.8, 4) is 39.0 Å². The maximum atomic E-state index is 14.4. The predicted octanol–water partition coefficient (Wildman–Crippen LogP) is 7.23. The van der Waals surface area contributed by atoms with Crippen molar-refractivity contribution in [2.75, 3.05) is 13.2 Å². The van der Waals surface area contributed by atoms with Crippen molar-refractivity contribution in [2.45, 2.75) is 40.5 Å². The lowest BCUT2D eigenvalue weighted by Crippen LogP contribution is -2.35. The van der Waals surface area contributed by atoms with E-state index in [0.717, 1.165) is 11.3 Å². The molecule has 0 amide bonds. The molecule has 1 aliphatic rings. The van der Waals surface area contributed by atoms with E-state index in [0.29, 0.717) is 70.1 Å². The van der Waals surface area contributed by atoms with Crippen LogP contribution in [-0.2, 0) is 6.42 Å². The quantitative estimate of drug-likeness (QED) is 0.243. The summed E-state index contributed by atoms with van der Waals surface area (Å²) in [5, 5.41) is 3.09. The number of pyridine rings is 1. The molecular formula is C30H29ClN2O4S. The van der Waals surface area contributed by atoms with Crippen LogP contribution < -0.4 is 15.0 Å². The third kappa shape index (κ3) is 4.88. The Balaban J connectivity index is 1.79. The Morgan fingerprint density at radius 1 is 0.974 bits per heavy atom. The molecule has 4 aromatic rings. The Bertz CT molecular complexity index is 1550. The molecule has 6 nitrogen and oxygen atoms in total. The van der Waals surface area contributed by atoms with Gasteiger partial charge in [-0.05, 0) is 56.0 Å². The summed E-state index contributed by atoms with van der Waals surface area (Å²) in [5.74, 6) is 1.06. The first-order valence-corrected chi connectivity index (χ1v) is 13.9. The van der Waals surface area contributed by atoms with Crippen LogP contribution >= 0.6 is 22.9 Å². The van der Waals surface area contributed by atoms with Crippen LogP contribution in [0.5, 0.6) is 11.5 Å². The van der Waals surface area contributed by atoms with Crippen molar-refractivity contribution in [2.24, 2.45) is 5.41 Å². The number of carbonyl (C=O) groups excluding carboxylic acids is 1. The monoisotopic (exact) mass is 548 g/mol. The van der Waals surface area contributed by atoms with Gasteiger partial charge in [-0.3, -0.25) is 14.2 Å². The minimum Gasteiger partial charge on any atom is -0.492 e. The van der Waals surface area contributed by atoms with Crippen molar-refractivity contribution in [1.82, 2.24) is 9.55 Å². The standard InChI is InChI=1S/C30H29ClN2O4S/c1-5-36-25-8-7-9-26(37-6-2)27(25)33-23-15-30(3,4)16-24(34)20(23)14-21(29(33)35)28-32-22(17-38-28)18-10-12-19(31)13-11-18/h7-14,17H,5-6,15-16H2,1-4H3. The normalized spacial score (nSPS) is 14.3. The maximum absolute atomic E-state index is 14.4. The third-order valence-corrected chi connectivity index (χ3v) is 7.68. The second-order valence-electron chi connectivity index (χ2n) is 10.0. The van der Waals surface area contributed by atoms with Crippen LogP contribution in [-0.4, -0.2) is 28.5 Å². The molecule has 0 fully saturated rings. The average Bonchev–Trinajstić information content (AvgIpc) is 3.35. The zero-order valence-corrected chi connectivity index (χ0v) is 23.4. The molecule has 38 heavy (non-hydrogen) atoms. The molecule has 0 spiro atoms. The summed E-state index contributed by atoms with van der Waals surface area (Å²) in [6.07, 6.45) is 0.959. The Morgan fingerprint density at radius 3 is 2.26 bits per heavy atom. The van der Waals surface area contributed by atoms with E-state index >= 15 is 0 Å². The van der Waals surface area contributed by atoms with Crippen molar-refractivity contribution in [1.29, 1.82) is 0 Å². The van der Waals surface area contributed by atoms with E-state index < -0.39 is 0 Å². The molecule has 196 valence electrons. The number of Topliss-reactive ketones (excluding diaryl/α,β-unsaturated/α-hetero) is 1. The highest BCUT2D eigenvalue weighted by atomic mass is 35.5. The number of para-hydroxylation sites is 1. The number of nitrogens with zero attached hydrogens (tertiary/aromatic N) is 2. The molecule has 0 bridgehead atoms. The van der Waals surface area contributed by atoms with Crippen molar-refractivity contribution >= 4 is 28.7 Å². The molecule has 0 saturated carbocycles. The van der Waals surface area contributed by atoms with Crippen molar-refractivity contribution < 1.29 is 14.3 Å². The van der Waals surface area contributed by atoms with Gasteiger partial charge in [-0.1, -0.05) is 43.6 Å². The summed E-state index contributed by atoms with van der Waals surface area (Å²) in [7, 11) is 0. The van der Waals surface area contributed by atoms with Gasteiger partial charge in [0.2, 0.25) is 0 Å². The van der Waals surface area contributed by atoms with Gasteiger partial charge < -0.3 is 9.47 Å². The van der Waals surface area contributed by atoms with Gasteiger partial charge in [0.1, 0.15) is 22.2 Å². The number of halogens is 1. The van der Waals surface area contributed by atoms with Crippen LogP contribution in [0.1, 0.15) is 50.2 Å². The second-order valence-corrected chi connectivity index (χ2v) is 11.3. The molecule has 2 heterocycles. The summed E-state index contributed by atoms with van der Waals surface area (Å²) in [6.45, 7) is 8.72. The first-order chi connectivity index (χ1) is 18.2. The highest BCUT2D eigenvalue weighted by molar-refractivity contribution is 7.13. The molecule has 1 aliphatic carbocycles. The highest BCUT2D eigenvalue weighted by Gasteiger charge is 2.36. The van der Waals surface area contributed by atoms with E-state index in [1.807, 2.05) is 75.5 Å². The number of ether oxygens (including phenoxy) is 2. The van der Waals surface area contributed by atoms with E-state index in [2.05, 4.69) is 0 Å². The maximum Gasteiger partial charge on any atom is 0.265 e. The Kier molecular flexibility index (Phi) is 7.16. The molecule has 0 N–H and O–H groups in total. The van der Waals surface area contributed by atoms with Crippen molar-refractivity contribution in [3.63, 3.8) is 0 Å². The van der Waals surface area contributed by atoms with Crippen LogP contribution in [0.2, 0.25) is 5.02 Å². The van der Waals surface area contributed by atoms with Gasteiger partial charge in [0.25, 0.3) is 5.56 Å². The van der Waals surface area contributed by atoms with Gasteiger partial charge in [0, 0.05) is 33.6 Å². The molecule has 0 unspecified atom stereocenters. The van der Waals surface area contributed by atoms with E-state index in [1.54, 1.807) is 10.6 Å². The zero-order valence-electron chi connectivity index (χ0n) is 21.8. The predicted molar refractivity (Wildman–Crippen MR) is 152 cm³/mol. The van der Waals surface area contributed by atoms with E-state index in [9.17, 15) is 9.59 Å². The first-order valence-electron chi connectivity index (χ1n) is 12.7. The smallest absolute Gasteiger partial charge is 0.265 e. The summed E-state index contributed by atoms with van der Waals surface area (Å²) < 4.78 is 13.6. The van der Waals surface area contributed by atoms with Gasteiger partial charge in [-0.2, -0.15) is 0 Å². The molecule has 0 aliphatic heterocycles. The van der Waals surface area contributed by atoms with Crippen LogP contribution in [0.4, 0.5) is 0 Å². The Labute approximate surface area is 230 Å². The van der Waals surface area contributed by atoms with Gasteiger partial charge >= 0.3 is 0 Å². The minimum absolute atomic E-state index is 0.00702.